The zero-order chi connectivity index (χ0) is 18.1. The van der Waals surface area contributed by atoms with Crippen LogP contribution >= 0.6 is 24.0 Å². The minimum absolute atomic E-state index is 0. The average molecular weight is 468 g/mol. The van der Waals surface area contributed by atoms with Crippen molar-refractivity contribution in [1.29, 1.82) is 0 Å². The summed E-state index contributed by atoms with van der Waals surface area (Å²) in [5, 5.41) is 3.40. The Bertz CT molecular complexity index is 706. The van der Waals surface area contributed by atoms with Crippen LogP contribution in [0.4, 0.5) is 0 Å². The molecule has 0 radical (unpaired) electrons. The lowest BCUT2D eigenvalue weighted by Gasteiger charge is -2.22. The highest BCUT2D eigenvalue weighted by molar-refractivity contribution is 14.0. The first-order valence-electron chi connectivity index (χ1n) is 8.61. The molecule has 0 saturated heterocycles. The summed E-state index contributed by atoms with van der Waals surface area (Å²) in [6.07, 6.45) is 4.69. The molecule has 0 amide bonds. The molecule has 2 aromatic rings. The lowest BCUT2D eigenvalue weighted by Crippen LogP contribution is -2.41. The minimum atomic E-state index is 0. The fourth-order valence-corrected chi connectivity index (χ4v) is 2.59. The van der Waals surface area contributed by atoms with Gasteiger partial charge >= 0.3 is 0 Å². The predicted molar refractivity (Wildman–Crippen MR) is 119 cm³/mol. The molecule has 0 aliphatic carbocycles. The van der Waals surface area contributed by atoms with Gasteiger partial charge in [-0.1, -0.05) is 18.2 Å². The van der Waals surface area contributed by atoms with E-state index in [0.29, 0.717) is 6.61 Å². The number of aryl methyl sites for hydroxylation is 2. The SMILES string of the molecule is CN=C(NCCc1ccncc1C)N(C)CCOc1ccccc1C.I. The molecule has 0 aliphatic heterocycles. The molecule has 0 spiro atoms. The van der Waals surface area contributed by atoms with E-state index in [4.69, 9.17) is 4.74 Å². The van der Waals surface area contributed by atoms with E-state index >= 15 is 0 Å². The largest absolute Gasteiger partial charge is 0.491 e. The summed E-state index contributed by atoms with van der Waals surface area (Å²) in [5.41, 5.74) is 3.68. The van der Waals surface area contributed by atoms with E-state index in [9.17, 15) is 0 Å². The molecule has 0 bridgehead atoms. The van der Waals surface area contributed by atoms with Crippen LogP contribution in [0.1, 0.15) is 16.7 Å². The van der Waals surface area contributed by atoms with Crippen LogP contribution < -0.4 is 10.1 Å². The highest BCUT2D eigenvalue weighted by Gasteiger charge is 2.06. The summed E-state index contributed by atoms with van der Waals surface area (Å²) in [6, 6.07) is 10.1. The fourth-order valence-electron chi connectivity index (χ4n) is 2.59. The van der Waals surface area contributed by atoms with Gasteiger partial charge in [0.05, 0.1) is 6.54 Å². The van der Waals surface area contributed by atoms with Crippen LogP contribution in [0.2, 0.25) is 0 Å². The van der Waals surface area contributed by atoms with E-state index in [1.807, 2.05) is 37.6 Å². The van der Waals surface area contributed by atoms with E-state index in [0.717, 1.165) is 36.8 Å². The van der Waals surface area contributed by atoms with Crippen LogP contribution in [0.3, 0.4) is 0 Å². The molecule has 1 N–H and O–H groups in total. The third kappa shape index (κ3) is 6.82. The maximum Gasteiger partial charge on any atom is 0.193 e. The molecule has 142 valence electrons. The molecule has 0 fully saturated rings. The molecule has 26 heavy (non-hydrogen) atoms. The molecule has 6 heteroatoms. The normalized spacial score (nSPS) is 10.8. The van der Waals surface area contributed by atoms with Crippen LogP contribution in [-0.4, -0.2) is 49.6 Å². The Morgan fingerprint density at radius 2 is 1.96 bits per heavy atom. The Morgan fingerprint density at radius 1 is 1.19 bits per heavy atom. The number of rotatable bonds is 7. The van der Waals surface area contributed by atoms with Crippen molar-refractivity contribution in [2.24, 2.45) is 4.99 Å². The van der Waals surface area contributed by atoms with Gasteiger partial charge in [0.25, 0.3) is 0 Å². The van der Waals surface area contributed by atoms with E-state index in [2.05, 4.69) is 46.2 Å². The Morgan fingerprint density at radius 3 is 2.65 bits per heavy atom. The topological polar surface area (TPSA) is 49.8 Å². The van der Waals surface area contributed by atoms with Crippen LogP contribution in [0, 0.1) is 13.8 Å². The van der Waals surface area contributed by atoms with Crippen LogP contribution in [-0.2, 0) is 6.42 Å². The molecular formula is C20H29IN4O. The van der Waals surface area contributed by atoms with Crippen molar-refractivity contribution in [3.8, 4) is 5.75 Å². The Kier molecular flexibility index (Phi) is 10.0. The third-order valence-corrected chi connectivity index (χ3v) is 4.17. The quantitative estimate of drug-likeness (QED) is 0.384. The molecule has 0 aliphatic rings. The number of aromatic nitrogens is 1. The monoisotopic (exact) mass is 468 g/mol. The van der Waals surface area contributed by atoms with Crippen LogP contribution in [0.5, 0.6) is 5.75 Å². The van der Waals surface area contributed by atoms with Gasteiger partial charge in [-0.15, -0.1) is 24.0 Å². The second kappa shape index (κ2) is 11.7. The van der Waals surface area contributed by atoms with Crippen molar-refractivity contribution in [3.05, 3.63) is 59.4 Å². The highest BCUT2D eigenvalue weighted by atomic mass is 127. The van der Waals surface area contributed by atoms with Crippen molar-refractivity contribution in [1.82, 2.24) is 15.2 Å². The number of halogens is 1. The molecule has 0 saturated carbocycles. The van der Waals surface area contributed by atoms with Crippen molar-refractivity contribution in [2.45, 2.75) is 20.3 Å². The van der Waals surface area contributed by atoms with Gasteiger partial charge in [0.1, 0.15) is 12.4 Å². The first kappa shape index (κ1) is 22.2. The summed E-state index contributed by atoms with van der Waals surface area (Å²) in [6.45, 7) is 6.36. The summed E-state index contributed by atoms with van der Waals surface area (Å²) < 4.78 is 5.86. The van der Waals surface area contributed by atoms with Crippen molar-refractivity contribution >= 4 is 29.9 Å². The molecular weight excluding hydrogens is 439 g/mol. The number of ether oxygens (including phenoxy) is 1. The second-order valence-electron chi connectivity index (χ2n) is 6.06. The number of guanidine groups is 1. The van der Waals surface area contributed by atoms with Crippen LogP contribution in [0.15, 0.2) is 47.7 Å². The summed E-state index contributed by atoms with van der Waals surface area (Å²) >= 11 is 0. The first-order valence-corrected chi connectivity index (χ1v) is 8.61. The van der Waals surface area contributed by atoms with Gasteiger partial charge < -0.3 is 15.0 Å². The maximum atomic E-state index is 5.86. The van der Waals surface area contributed by atoms with Crippen molar-refractivity contribution in [3.63, 3.8) is 0 Å². The van der Waals surface area contributed by atoms with Gasteiger partial charge in [0, 0.05) is 33.0 Å². The number of likely N-dealkylation sites (N-methyl/N-ethyl adjacent to an activating group) is 1. The van der Waals surface area contributed by atoms with Crippen molar-refractivity contribution in [2.75, 3.05) is 33.8 Å². The highest BCUT2D eigenvalue weighted by Crippen LogP contribution is 2.15. The fraction of sp³-hybridized carbons (Fsp3) is 0.400. The predicted octanol–water partition coefficient (Wildman–Crippen LogP) is 3.45. The summed E-state index contributed by atoms with van der Waals surface area (Å²) in [4.78, 5) is 10.6. The van der Waals surface area contributed by atoms with E-state index in [-0.39, 0.29) is 24.0 Å². The smallest absolute Gasteiger partial charge is 0.193 e. The molecule has 5 nitrogen and oxygen atoms in total. The van der Waals surface area contributed by atoms with Gasteiger partial charge in [-0.2, -0.15) is 0 Å². The van der Waals surface area contributed by atoms with Gasteiger partial charge in [-0.05, 0) is 49.1 Å². The van der Waals surface area contributed by atoms with Gasteiger partial charge in [0.15, 0.2) is 5.96 Å². The number of para-hydroxylation sites is 1. The molecule has 1 heterocycles. The standard InChI is InChI=1S/C20H28N4O.HI/c1-16-7-5-6-8-19(16)25-14-13-24(4)20(21-3)23-12-10-18-9-11-22-15-17(18)2;/h5-9,11,15H,10,12-14H2,1-4H3,(H,21,23);1H. The van der Waals surface area contributed by atoms with Gasteiger partial charge in [-0.3, -0.25) is 9.98 Å². The number of aliphatic imine (C=N–C) groups is 1. The molecule has 1 aromatic heterocycles. The van der Waals surface area contributed by atoms with E-state index in [1.54, 1.807) is 7.05 Å². The minimum Gasteiger partial charge on any atom is -0.491 e. The lowest BCUT2D eigenvalue weighted by atomic mass is 10.1. The molecule has 0 atom stereocenters. The number of benzene rings is 1. The lowest BCUT2D eigenvalue weighted by molar-refractivity contribution is 0.280. The van der Waals surface area contributed by atoms with Gasteiger partial charge in [0.2, 0.25) is 0 Å². The number of nitrogens with one attached hydrogen (secondary N) is 1. The number of nitrogens with zero attached hydrogens (tertiary/aromatic N) is 3. The third-order valence-electron chi connectivity index (χ3n) is 4.17. The zero-order valence-corrected chi connectivity index (χ0v) is 18.4. The number of hydrogen-bond donors (Lipinski definition) is 1. The van der Waals surface area contributed by atoms with Gasteiger partial charge in [-0.25, -0.2) is 0 Å². The molecule has 1 aromatic carbocycles. The summed E-state index contributed by atoms with van der Waals surface area (Å²) in [5.74, 6) is 1.81. The van der Waals surface area contributed by atoms with Crippen molar-refractivity contribution < 1.29 is 4.74 Å². The number of hydrogen-bond acceptors (Lipinski definition) is 3. The second-order valence-corrected chi connectivity index (χ2v) is 6.06. The summed E-state index contributed by atoms with van der Waals surface area (Å²) in [7, 11) is 3.83. The average Bonchev–Trinajstić information content (AvgIpc) is 2.61. The number of pyridine rings is 1. The Hall–Kier alpha value is -1.83. The maximum absolute atomic E-state index is 5.86. The Labute approximate surface area is 173 Å². The Balaban J connectivity index is 0.00000338. The van der Waals surface area contributed by atoms with E-state index in [1.165, 1.54) is 11.1 Å². The zero-order valence-electron chi connectivity index (χ0n) is 16.0. The first-order chi connectivity index (χ1) is 12.1. The molecule has 2 rings (SSSR count). The molecule has 0 unspecified atom stereocenters. The van der Waals surface area contributed by atoms with Crippen LogP contribution in [0.25, 0.3) is 0 Å². The van der Waals surface area contributed by atoms with E-state index < -0.39 is 0 Å².